The predicted molar refractivity (Wildman–Crippen MR) is 90.1 cm³/mol. The first-order valence-corrected chi connectivity index (χ1v) is 8.20. The highest BCUT2D eigenvalue weighted by Gasteiger charge is 2.34. The maximum Gasteiger partial charge on any atom is 0.232 e. The lowest BCUT2D eigenvalue weighted by Crippen LogP contribution is -2.28. The maximum absolute atomic E-state index is 13.4. The number of benzene rings is 1. The van der Waals surface area contributed by atoms with E-state index in [1.165, 1.54) is 6.07 Å². The molecule has 132 valence electrons. The normalized spacial score (nSPS) is 17.1. The molecule has 3 aromatic rings. The van der Waals surface area contributed by atoms with Crippen LogP contribution in [-0.4, -0.2) is 32.6 Å². The Morgan fingerprint density at radius 3 is 2.69 bits per heavy atom. The highest BCUT2D eigenvalue weighted by molar-refractivity contribution is 5.95. The van der Waals surface area contributed by atoms with Gasteiger partial charge in [-0.1, -0.05) is 6.07 Å². The quantitative estimate of drug-likeness (QED) is 0.781. The largest absolute Gasteiger partial charge is 0.307 e. The molecule has 0 bridgehead atoms. The van der Waals surface area contributed by atoms with Crippen LogP contribution >= 0.6 is 0 Å². The van der Waals surface area contributed by atoms with Gasteiger partial charge in [-0.05, 0) is 42.7 Å². The third-order valence-corrected chi connectivity index (χ3v) is 4.47. The Balaban J connectivity index is 1.49. The zero-order chi connectivity index (χ0) is 18.1. The Labute approximate surface area is 147 Å². The zero-order valence-electron chi connectivity index (χ0n) is 13.7. The van der Waals surface area contributed by atoms with E-state index in [1.54, 1.807) is 29.4 Å². The molecule has 0 unspecified atom stereocenters. The second-order valence-electron chi connectivity index (χ2n) is 6.16. The van der Waals surface area contributed by atoms with Gasteiger partial charge >= 0.3 is 0 Å². The summed E-state index contributed by atoms with van der Waals surface area (Å²) in [6.45, 7) is 0.498. The van der Waals surface area contributed by atoms with Crippen molar-refractivity contribution in [2.45, 2.75) is 12.8 Å². The van der Waals surface area contributed by atoms with Gasteiger partial charge in [-0.2, -0.15) is 0 Å². The number of carbonyl (C=O) groups excluding carboxylic acids is 1. The highest BCUT2D eigenvalue weighted by atomic mass is 19.2. The summed E-state index contributed by atoms with van der Waals surface area (Å²) >= 11 is 0. The molecule has 0 spiro atoms. The molecule has 3 heterocycles. The number of hydrogen-bond donors (Lipinski definition) is 1. The van der Waals surface area contributed by atoms with Crippen LogP contribution in [0.2, 0.25) is 0 Å². The molecule has 6 nitrogen and oxygen atoms in total. The van der Waals surface area contributed by atoms with Gasteiger partial charge in [0.2, 0.25) is 11.9 Å². The molecule has 1 amide bonds. The van der Waals surface area contributed by atoms with Crippen molar-refractivity contribution in [2.75, 3.05) is 11.4 Å². The summed E-state index contributed by atoms with van der Waals surface area (Å²) in [5.41, 5.74) is 1.42. The average Bonchev–Trinajstić information content (AvgIpc) is 3.27. The van der Waals surface area contributed by atoms with E-state index in [0.717, 1.165) is 17.7 Å². The van der Waals surface area contributed by atoms with E-state index in [0.29, 0.717) is 36.7 Å². The summed E-state index contributed by atoms with van der Waals surface area (Å²) in [7, 11) is 0. The van der Waals surface area contributed by atoms with Gasteiger partial charge in [-0.3, -0.25) is 14.7 Å². The first kappa shape index (κ1) is 16.3. The summed E-state index contributed by atoms with van der Waals surface area (Å²) in [5.74, 6) is -1.25. The van der Waals surface area contributed by atoms with Gasteiger partial charge in [0, 0.05) is 30.4 Å². The number of hydrogen-bond acceptors (Lipinski definition) is 4. The number of halogens is 2. The van der Waals surface area contributed by atoms with Gasteiger partial charge < -0.3 is 4.98 Å². The van der Waals surface area contributed by atoms with Crippen LogP contribution in [0.25, 0.3) is 11.4 Å². The van der Waals surface area contributed by atoms with E-state index in [2.05, 4.69) is 20.2 Å². The number of amides is 1. The molecule has 0 saturated carbocycles. The smallest absolute Gasteiger partial charge is 0.232 e. The molecule has 0 radical (unpaired) electrons. The summed E-state index contributed by atoms with van der Waals surface area (Å²) in [6, 6.07) is 7.31. The van der Waals surface area contributed by atoms with Crippen LogP contribution in [0.4, 0.5) is 14.7 Å². The summed E-state index contributed by atoms with van der Waals surface area (Å²) < 4.78 is 26.4. The third kappa shape index (κ3) is 3.05. The Kier molecular flexibility index (Phi) is 4.16. The van der Waals surface area contributed by atoms with Crippen molar-refractivity contribution in [1.29, 1.82) is 0 Å². The van der Waals surface area contributed by atoms with E-state index >= 15 is 0 Å². The number of nitrogens with one attached hydrogen (secondary N) is 1. The monoisotopic (exact) mass is 355 g/mol. The molecule has 1 aliphatic rings. The van der Waals surface area contributed by atoms with E-state index in [4.69, 9.17) is 0 Å². The van der Waals surface area contributed by atoms with E-state index in [1.807, 2.05) is 0 Å². The summed E-state index contributed by atoms with van der Waals surface area (Å²) in [4.78, 5) is 21.2. The number of pyridine rings is 1. The Bertz CT molecular complexity index is 944. The second kappa shape index (κ2) is 6.62. The molecule has 1 aromatic carbocycles. The van der Waals surface area contributed by atoms with Crippen LogP contribution in [0, 0.1) is 17.6 Å². The number of carbonyl (C=O) groups is 1. The van der Waals surface area contributed by atoms with E-state index in [-0.39, 0.29) is 11.8 Å². The lowest BCUT2D eigenvalue weighted by molar-refractivity contribution is -0.120. The average molecular weight is 355 g/mol. The first-order chi connectivity index (χ1) is 12.6. The zero-order valence-corrected chi connectivity index (χ0v) is 13.7. The van der Waals surface area contributed by atoms with E-state index < -0.39 is 11.6 Å². The fraction of sp³-hybridized carbons (Fsp3) is 0.222. The van der Waals surface area contributed by atoms with Gasteiger partial charge in [0.15, 0.2) is 17.5 Å². The van der Waals surface area contributed by atoms with Crippen LogP contribution in [-0.2, 0) is 11.2 Å². The van der Waals surface area contributed by atoms with Crippen molar-refractivity contribution < 1.29 is 13.6 Å². The second-order valence-corrected chi connectivity index (χ2v) is 6.16. The Morgan fingerprint density at radius 2 is 1.92 bits per heavy atom. The van der Waals surface area contributed by atoms with Crippen molar-refractivity contribution in [3.63, 3.8) is 0 Å². The lowest BCUT2D eigenvalue weighted by Gasteiger charge is -2.13. The minimum absolute atomic E-state index is 0.104. The van der Waals surface area contributed by atoms with Crippen LogP contribution in [0.1, 0.15) is 12.0 Å². The van der Waals surface area contributed by atoms with Crippen molar-refractivity contribution >= 4 is 11.9 Å². The summed E-state index contributed by atoms with van der Waals surface area (Å²) in [6.07, 6.45) is 4.27. The molecule has 8 heteroatoms. The number of rotatable bonds is 4. The number of H-pyrrole nitrogens is 1. The molecule has 1 atom stereocenters. The van der Waals surface area contributed by atoms with Crippen molar-refractivity contribution in [1.82, 2.24) is 20.2 Å². The third-order valence-electron chi connectivity index (χ3n) is 4.47. The maximum atomic E-state index is 13.4. The van der Waals surface area contributed by atoms with Crippen LogP contribution in [0.3, 0.4) is 0 Å². The van der Waals surface area contributed by atoms with Crippen LogP contribution in [0.5, 0.6) is 0 Å². The molecule has 2 aromatic heterocycles. The minimum atomic E-state index is -0.901. The van der Waals surface area contributed by atoms with Crippen molar-refractivity contribution in [3.8, 4) is 11.4 Å². The van der Waals surface area contributed by atoms with Crippen LogP contribution < -0.4 is 4.90 Å². The van der Waals surface area contributed by atoms with Crippen LogP contribution in [0.15, 0.2) is 42.7 Å². The lowest BCUT2D eigenvalue weighted by atomic mass is 9.98. The number of nitrogens with zero attached hydrogens (tertiary/aromatic N) is 4. The predicted octanol–water partition coefficient (Wildman–Crippen LogP) is 2.74. The number of aromatic amines is 1. The minimum Gasteiger partial charge on any atom is -0.307 e. The first-order valence-electron chi connectivity index (χ1n) is 8.20. The number of anilines is 1. The molecule has 0 aliphatic carbocycles. The molecular weight excluding hydrogens is 340 g/mol. The topological polar surface area (TPSA) is 74.8 Å². The van der Waals surface area contributed by atoms with Gasteiger partial charge in [0.25, 0.3) is 0 Å². The van der Waals surface area contributed by atoms with Gasteiger partial charge in [-0.25, -0.2) is 8.78 Å². The standard InChI is InChI=1S/C18H15F2N5O/c19-14-2-1-11(10-15(14)20)9-13-5-8-25(17(13)26)18-22-16(23-24-18)12-3-6-21-7-4-12/h1-4,6-7,10,13H,5,8-9H2,(H,22,23,24)/t13-/m1/s1. The fourth-order valence-electron chi connectivity index (χ4n) is 3.10. The highest BCUT2D eigenvalue weighted by Crippen LogP contribution is 2.27. The number of aromatic nitrogens is 4. The Morgan fingerprint density at radius 1 is 1.12 bits per heavy atom. The SMILES string of the molecule is O=C1[C@@H](Cc2ccc(F)c(F)c2)CCN1c1nnc(-c2ccncc2)[nH]1. The molecule has 26 heavy (non-hydrogen) atoms. The fourth-order valence-corrected chi connectivity index (χ4v) is 3.10. The van der Waals surface area contributed by atoms with Gasteiger partial charge in [-0.15, -0.1) is 10.2 Å². The molecule has 4 rings (SSSR count). The molecule has 1 aliphatic heterocycles. The molecule has 1 saturated heterocycles. The van der Waals surface area contributed by atoms with E-state index in [9.17, 15) is 13.6 Å². The Hall–Kier alpha value is -3.16. The molecule has 1 fully saturated rings. The van der Waals surface area contributed by atoms with Gasteiger partial charge in [0.05, 0.1) is 0 Å². The van der Waals surface area contributed by atoms with Crippen molar-refractivity contribution in [3.05, 3.63) is 59.9 Å². The summed E-state index contributed by atoms with van der Waals surface area (Å²) in [5, 5.41) is 8.14. The molecular formula is C18H15F2N5O. The van der Waals surface area contributed by atoms with Gasteiger partial charge in [0.1, 0.15) is 0 Å². The molecule has 1 N–H and O–H groups in total. The van der Waals surface area contributed by atoms with Crippen molar-refractivity contribution in [2.24, 2.45) is 5.92 Å².